The maximum absolute atomic E-state index is 5.42. The summed E-state index contributed by atoms with van der Waals surface area (Å²) < 4.78 is 2.86. The Morgan fingerprint density at radius 3 is 3.05 bits per heavy atom. The topological polar surface area (TPSA) is 46.5 Å². The molecule has 0 amide bonds. The van der Waals surface area contributed by atoms with Gasteiger partial charge in [-0.3, -0.25) is 14.6 Å². The predicted octanol–water partition coefficient (Wildman–Crippen LogP) is 3.46. The van der Waals surface area contributed by atoms with E-state index in [1.807, 2.05) is 30.0 Å². The van der Waals surface area contributed by atoms with Gasteiger partial charge in [0.1, 0.15) is 5.69 Å². The molecule has 1 fully saturated rings. The van der Waals surface area contributed by atoms with Crippen molar-refractivity contribution in [3.8, 4) is 11.5 Å². The fourth-order valence-corrected chi connectivity index (χ4v) is 4.01. The average Bonchev–Trinajstić information content (AvgIpc) is 3.05. The summed E-state index contributed by atoms with van der Waals surface area (Å²) in [4.78, 5) is 4.39. The molecule has 2 heterocycles. The van der Waals surface area contributed by atoms with Gasteiger partial charge in [-0.15, -0.1) is 0 Å². The molecule has 2 atom stereocenters. The number of H-pyrrole nitrogens is 1. The molecule has 2 unspecified atom stereocenters. The molecule has 0 bridgehead atoms. The van der Waals surface area contributed by atoms with E-state index in [1.165, 1.54) is 19.3 Å². The second-order valence-corrected chi connectivity index (χ2v) is 6.17. The van der Waals surface area contributed by atoms with E-state index in [9.17, 15) is 0 Å². The van der Waals surface area contributed by atoms with Crippen molar-refractivity contribution in [3.63, 3.8) is 0 Å². The lowest BCUT2D eigenvalue weighted by molar-refractivity contribution is 0.525. The van der Waals surface area contributed by atoms with E-state index in [2.05, 4.69) is 26.0 Å². The number of aromatic nitrogens is 4. The van der Waals surface area contributed by atoms with Crippen LogP contribution in [0.25, 0.3) is 11.5 Å². The van der Waals surface area contributed by atoms with Crippen LogP contribution in [0.3, 0.4) is 0 Å². The Balaban J connectivity index is 2.07. The van der Waals surface area contributed by atoms with Crippen molar-refractivity contribution in [2.75, 3.05) is 6.26 Å². The zero-order valence-corrected chi connectivity index (χ0v) is 12.4. The first-order chi connectivity index (χ1) is 9.31. The molecule has 3 rings (SSSR count). The van der Waals surface area contributed by atoms with Gasteiger partial charge in [-0.05, 0) is 43.4 Å². The van der Waals surface area contributed by atoms with Crippen molar-refractivity contribution in [2.24, 2.45) is 0 Å². The Morgan fingerprint density at radius 1 is 1.42 bits per heavy atom. The highest BCUT2D eigenvalue weighted by atomic mass is 32.2. The number of thioether (sulfide) groups is 1. The van der Waals surface area contributed by atoms with Gasteiger partial charge in [0.15, 0.2) is 10.6 Å². The molecule has 0 radical (unpaired) electrons. The van der Waals surface area contributed by atoms with Gasteiger partial charge >= 0.3 is 0 Å². The number of rotatable bonds is 3. The van der Waals surface area contributed by atoms with Gasteiger partial charge in [-0.2, -0.15) is 16.9 Å². The molecular weight excluding hydrogens is 276 g/mol. The third kappa shape index (κ3) is 2.34. The molecule has 6 heteroatoms. The summed E-state index contributed by atoms with van der Waals surface area (Å²) in [5, 5.41) is 7.91. The largest absolute Gasteiger partial charge is 0.295 e. The SMILES string of the molecule is CSC1CCCC1n1c(-c2ccccn2)n[nH]c1=S. The van der Waals surface area contributed by atoms with Gasteiger partial charge in [0, 0.05) is 17.5 Å². The zero-order chi connectivity index (χ0) is 13.2. The highest BCUT2D eigenvalue weighted by Crippen LogP contribution is 2.39. The minimum absolute atomic E-state index is 0.429. The van der Waals surface area contributed by atoms with Gasteiger partial charge in [0.05, 0.1) is 0 Å². The van der Waals surface area contributed by atoms with E-state index >= 15 is 0 Å². The Labute approximate surface area is 121 Å². The van der Waals surface area contributed by atoms with Crippen molar-refractivity contribution >= 4 is 24.0 Å². The van der Waals surface area contributed by atoms with E-state index in [0.29, 0.717) is 16.1 Å². The molecule has 19 heavy (non-hydrogen) atoms. The molecule has 1 aliphatic carbocycles. The van der Waals surface area contributed by atoms with Crippen LogP contribution in [0.4, 0.5) is 0 Å². The van der Waals surface area contributed by atoms with Crippen molar-refractivity contribution in [2.45, 2.75) is 30.6 Å². The third-order valence-electron chi connectivity index (χ3n) is 3.65. The molecular formula is C13H16N4S2. The minimum atomic E-state index is 0.429. The summed E-state index contributed by atoms with van der Waals surface area (Å²) in [6.45, 7) is 0. The Hall–Kier alpha value is -1.14. The minimum Gasteiger partial charge on any atom is -0.295 e. The molecule has 1 aliphatic rings. The molecule has 0 spiro atoms. The summed E-state index contributed by atoms with van der Waals surface area (Å²) in [5.74, 6) is 0.858. The van der Waals surface area contributed by atoms with E-state index in [1.54, 1.807) is 6.20 Å². The van der Waals surface area contributed by atoms with E-state index in [0.717, 1.165) is 11.5 Å². The van der Waals surface area contributed by atoms with Crippen LogP contribution in [-0.4, -0.2) is 31.3 Å². The Kier molecular flexibility index (Phi) is 3.70. The normalized spacial score (nSPS) is 22.8. The predicted molar refractivity (Wildman–Crippen MR) is 80.8 cm³/mol. The summed E-state index contributed by atoms with van der Waals surface area (Å²) >= 11 is 7.34. The number of pyridine rings is 1. The molecule has 1 N–H and O–H groups in total. The number of nitrogens with one attached hydrogen (secondary N) is 1. The summed E-state index contributed by atoms with van der Waals surface area (Å²) in [6, 6.07) is 6.29. The van der Waals surface area contributed by atoms with Crippen molar-refractivity contribution in [1.82, 2.24) is 19.7 Å². The van der Waals surface area contributed by atoms with Gasteiger partial charge in [-0.25, -0.2) is 0 Å². The fourth-order valence-electron chi connectivity index (χ4n) is 2.76. The van der Waals surface area contributed by atoms with E-state index in [-0.39, 0.29) is 0 Å². The smallest absolute Gasteiger partial charge is 0.195 e. The molecule has 0 aliphatic heterocycles. The standard InChI is InChI=1S/C13H16N4S2/c1-19-11-7-4-6-10(11)17-12(15-16-13(17)18)9-5-2-3-8-14-9/h2-3,5,8,10-11H,4,6-7H2,1H3,(H,16,18). The van der Waals surface area contributed by atoms with E-state index < -0.39 is 0 Å². The molecule has 0 aromatic carbocycles. The summed E-state index contributed by atoms with van der Waals surface area (Å²) in [7, 11) is 0. The first kappa shape index (κ1) is 12.9. The van der Waals surface area contributed by atoms with Gasteiger partial charge < -0.3 is 0 Å². The van der Waals surface area contributed by atoms with Crippen LogP contribution in [0, 0.1) is 4.77 Å². The van der Waals surface area contributed by atoms with Crippen LogP contribution < -0.4 is 0 Å². The molecule has 2 aromatic heterocycles. The molecule has 4 nitrogen and oxygen atoms in total. The lowest BCUT2D eigenvalue weighted by atomic mass is 10.2. The Morgan fingerprint density at radius 2 is 2.32 bits per heavy atom. The number of nitrogens with zero attached hydrogens (tertiary/aromatic N) is 3. The van der Waals surface area contributed by atoms with Gasteiger partial charge in [0.2, 0.25) is 0 Å². The highest BCUT2D eigenvalue weighted by molar-refractivity contribution is 7.99. The van der Waals surface area contributed by atoms with Crippen LogP contribution >= 0.6 is 24.0 Å². The van der Waals surface area contributed by atoms with Crippen LogP contribution in [-0.2, 0) is 0 Å². The lowest BCUT2D eigenvalue weighted by Gasteiger charge is -2.20. The van der Waals surface area contributed by atoms with Crippen molar-refractivity contribution in [3.05, 3.63) is 29.2 Å². The molecule has 100 valence electrons. The Bertz CT molecular complexity index is 605. The zero-order valence-electron chi connectivity index (χ0n) is 10.7. The van der Waals surface area contributed by atoms with E-state index in [4.69, 9.17) is 12.2 Å². The van der Waals surface area contributed by atoms with Crippen molar-refractivity contribution in [1.29, 1.82) is 0 Å². The molecule has 1 saturated carbocycles. The maximum Gasteiger partial charge on any atom is 0.195 e. The van der Waals surface area contributed by atoms with Crippen LogP contribution in [0.5, 0.6) is 0 Å². The summed E-state index contributed by atoms with van der Waals surface area (Å²) in [5.41, 5.74) is 0.876. The second-order valence-electron chi connectivity index (χ2n) is 4.71. The molecule has 0 saturated heterocycles. The summed E-state index contributed by atoms with van der Waals surface area (Å²) in [6.07, 6.45) is 7.63. The van der Waals surface area contributed by atoms with Crippen LogP contribution in [0.15, 0.2) is 24.4 Å². The van der Waals surface area contributed by atoms with Crippen LogP contribution in [0.2, 0.25) is 0 Å². The number of aromatic amines is 1. The fraction of sp³-hybridized carbons (Fsp3) is 0.462. The monoisotopic (exact) mass is 292 g/mol. The third-order valence-corrected chi connectivity index (χ3v) is 5.09. The maximum atomic E-state index is 5.42. The first-order valence-electron chi connectivity index (χ1n) is 6.42. The van der Waals surface area contributed by atoms with Crippen molar-refractivity contribution < 1.29 is 0 Å². The lowest BCUT2D eigenvalue weighted by Crippen LogP contribution is -2.17. The van der Waals surface area contributed by atoms with Crippen LogP contribution in [0.1, 0.15) is 25.3 Å². The molecule has 2 aromatic rings. The average molecular weight is 292 g/mol. The number of hydrogen-bond donors (Lipinski definition) is 1. The highest BCUT2D eigenvalue weighted by Gasteiger charge is 2.30. The van der Waals surface area contributed by atoms with Gasteiger partial charge in [0.25, 0.3) is 0 Å². The first-order valence-corrected chi connectivity index (χ1v) is 8.12. The quantitative estimate of drug-likeness (QED) is 0.880. The second kappa shape index (κ2) is 5.46. The van der Waals surface area contributed by atoms with Gasteiger partial charge in [-0.1, -0.05) is 12.5 Å². The number of hydrogen-bond acceptors (Lipinski definition) is 4.